The van der Waals surface area contributed by atoms with E-state index in [1.54, 1.807) is 0 Å². The van der Waals surface area contributed by atoms with Gasteiger partial charge < -0.3 is 10.8 Å². The van der Waals surface area contributed by atoms with Crippen LogP contribution in [0.15, 0.2) is 17.0 Å². The highest BCUT2D eigenvalue weighted by molar-refractivity contribution is 9.09. The number of primary amides is 1. The van der Waals surface area contributed by atoms with Crippen molar-refractivity contribution in [2.24, 2.45) is 5.73 Å². The smallest absolute Gasteiger partial charge is 0.283 e. The van der Waals surface area contributed by atoms with Crippen LogP contribution < -0.4 is 5.73 Å². The zero-order valence-electron chi connectivity index (χ0n) is 14.6. The number of nitro benzene ring substituents is 1. The van der Waals surface area contributed by atoms with Gasteiger partial charge in [-0.05, 0) is 18.1 Å². The number of carbonyl (C=O) groups excluding carboxylic acids is 1. The van der Waals surface area contributed by atoms with E-state index in [0.29, 0.717) is 23.7 Å². The summed E-state index contributed by atoms with van der Waals surface area (Å²) in [6.07, 6.45) is 1.12. The molecule has 0 heterocycles. The molecule has 0 aliphatic carbocycles. The number of nitrogens with zero attached hydrogens (tertiary/aromatic N) is 2. The molecule has 27 heavy (non-hydrogen) atoms. The number of carbonyl (C=O) groups is 1. The Hall–Kier alpha value is -1.08. The topological polar surface area (TPSA) is 144 Å². The second-order valence-corrected chi connectivity index (χ2v) is 9.31. The van der Waals surface area contributed by atoms with Crippen LogP contribution in [0.5, 0.6) is 0 Å². The van der Waals surface area contributed by atoms with Crippen LogP contribution >= 0.6 is 31.9 Å². The summed E-state index contributed by atoms with van der Waals surface area (Å²) in [5, 5.41) is 22.0. The number of sulfone groups is 1. The number of halogens is 2. The number of aliphatic hydroxyl groups is 1. The Bertz CT molecular complexity index is 797. The van der Waals surface area contributed by atoms with Gasteiger partial charge in [0.1, 0.15) is 5.56 Å². The molecule has 3 N–H and O–H groups in total. The number of hydrogen-bond donors (Lipinski definition) is 2. The minimum Gasteiger partial charge on any atom is -0.396 e. The second kappa shape index (κ2) is 10.5. The predicted molar refractivity (Wildman–Crippen MR) is 108 cm³/mol. The quantitative estimate of drug-likeness (QED) is 0.251. The number of benzene rings is 1. The van der Waals surface area contributed by atoms with Gasteiger partial charge in [0.25, 0.3) is 11.6 Å². The highest BCUT2D eigenvalue weighted by Crippen LogP contribution is 2.35. The highest BCUT2D eigenvalue weighted by Gasteiger charge is 2.31. The molecule has 1 rings (SSSR count). The van der Waals surface area contributed by atoms with Crippen molar-refractivity contribution in [3.05, 3.63) is 33.4 Å². The van der Waals surface area contributed by atoms with Crippen LogP contribution in [0.1, 0.15) is 28.4 Å². The molecule has 0 aliphatic rings. The van der Waals surface area contributed by atoms with Gasteiger partial charge in [-0.1, -0.05) is 31.9 Å². The van der Waals surface area contributed by atoms with E-state index in [-0.39, 0.29) is 29.1 Å². The molecular formula is C15H21Br2N3O6S. The van der Waals surface area contributed by atoms with Crippen molar-refractivity contribution in [1.29, 1.82) is 0 Å². The molecule has 0 radical (unpaired) electrons. The van der Waals surface area contributed by atoms with Gasteiger partial charge in [-0.15, -0.1) is 0 Å². The predicted octanol–water partition coefficient (Wildman–Crippen LogP) is 1.61. The summed E-state index contributed by atoms with van der Waals surface area (Å²) in [6.45, 7) is 0.822. The molecular weight excluding hydrogens is 510 g/mol. The maximum Gasteiger partial charge on any atom is 0.283 e. The average molecular weight is 531 g/mol. The summed E-state index contributed by atoms with van der Waals surface area (Å²) in [7, 11) is -3.85. The Kier molecular flexibility index (Phi) is 9.28. The van der Waals surface area contributed by atoms with Gasteiger partial charge in [-0.3, -0.25) is 19.8 Å². The molecule has 1 amide bonds. The zero-order chi connectivity index (χ0) is 20.8. The highest BCUT2D eigenvalue weighted by atomic mass is 79.9. The fraction of sp³-hybridized carbons (Fsp3) is 0.533. The van der Waals surface area contributed by atoms with E-state index in [4.69, 9.17) is 5.73 Å². The monoisotopic (exact) mass is 529 g/mol. The fourth-order valence-electron chi connectivity index (χ4n) is 2.81. The number of amides is 1. The molecule has 9 nitrogen and oxygen atoms in total. The Balaban J connectivity index is 3.80. The maximum absolute atomic E-state index is 12.3. The van der Waals surface area contributed by atoms with Crippen molar-refractivity contribution in [2.75, 3.05) is 36.6 Å². The number of aliphatic hydroxyl groups excluding tert-OH is 1. The van der Waals surface area contributed by atoms with Gasteiger partial charge in [0, 0.05) is 48.7 Å². The van der Waals surface area contributed by atoms with Crippen molar-refractivity contribution >= 4 is 53.3 Å². The van der Waals surface area contributed by atoms with E-state index < -0.39 is 32.4 Å². The van der Waals surface area contributed by atoms with Gasteiger partial charge >= 0.3 is 0 Å². The Morgan fingerprint density at radius 1 is 1.33 bits per heavy atom. The molecule has 0 bridgehead atoms. The van der Waals surface area contributed by atoms with Gasteiger partial charge in [0.2, 0.25) is 0 Å². The number of nitrogens with two attached hydrogens (primary N) is 1. The molecule has 0 saturated heterocycles. The van der Waals surface area contributed by atoms with Gasteiger partial charge in [0.05, 0.1) is 9.82 Å². The van der Waals surface area contributed by atoms with E-state index in [0.717, 1.165) is 18.4 Å². The minimum atomic E-state index is -3.85. The molecule has 1 atom stereocenters. The largest absolute Gasteiger partial charge is 0.396 e. The van der Waals surface area contributed by atoms with Crippen LogP contribution in [0.3, 0.4) is 0 Å². The normalized spacial score (nSPS) is 12.9. The van der Waals surface area contributed by atoms with Crippen LogP contribution in [0, 0.1) is 10.1 Å². The average Bonchev–Trinajstić information content (AvgIpc) is 2.57. The summed E-state index contributed by atoms with van der Waals surface area (Å²) in [4.78, 5) is 23.8. The number of rotatable bonds is 11. The SMILES string of the molecule is CS(=O)(=O)c1cc([N+](=O)[O-])c(C(N)=O)cc1C(CCO)N(CCBr)CCBr. The molecule has 152 valence electrons. The maximum atomic E-state index is 12.3. The first-order valence-corrected chi connectivity index (χ1v) is 12.0. The molecule has 0 spiro atoms. The molecule has 12 heteroatoms. The number of nitro groups is 1. The van der Waals surface area contributed by atoms with Crippen molar-refractivity contribution in [3.8, 4) is 0 Å². The summed E-state index contributed by atoms with van der Waals surface area (Å²) < 4.78 is 24.6. The van der Waals surface area contributed by atoms with Crippen molar-refractivity contribution < 1.29 is 23.2 Å². The number of hydrogen-bond acceptors (Lipinski definition) is 7. The number of alkyl halides is 2. The summed E-state index contributed by atoms with van der Waals surface area (Å²) in [6, 6.07) is 1.45. The van der Waals surface area contributed by atoms with E-state index in [9.17, 15) is 28.4 Å². The first-order valence-electron chi connectivity index (χ1n) is 7.87. The van der Waals surface area contributed by atoms with Crippen molar-refractivity contribution in [3.63, 3.8) is 0 Å². The standard InChI is InChI=1S/C15H21Br2N3O6S/c1-27(25,26)14-9-13(20(23)24)11(15(18)22)8-10(14)12(2-7-21)19(5-3-16)6-4-17/h8-9,12,21H,2-7H2,1H3,(H2,18,22). The van der Waals surface area contributed by atoms with Crippen LogP contribution in [-0.4, -0.2) is 65.9 Å². The van der Waals surface area contributed by atoms with E-state index in [1.807, 2.05) is 4.90 Å². The lowest BCUT2D eigenvalue weighted by atomic mass is 9.98. The molecule has 0 saturated carbocycles. The molecule has 0 aliphatic heterocycles. The molecule has 1 aromatic carbocycles. The van der Waals surface area contributed by atoms with Crippen LogP contribution in [-0.2, 0) is 9.84 Å². The van der Waals surface area contributed by atoms with E-state index >= 15 is 0 Å². The van der Waals surface area contributed by atoms with E-state index in [1.165, 1.54) is 0 Å². The van der Waals surface area contributed by atoms with Gasteiger partial charge in [-0.25, -0.2) is 8.42 Å². The minimum absolute atomic E-state index is 0.179. The van der Waals surface area contributed by atoms with Crippen LogP contribution in [0.25, 0.3) is 0 Å². The second-order valence-electron chi connectivity index (χ2n) is 5.74. The van der Waals surface area contributed by atoms with Gasteiger partial charge in [-0.2, -0.15) is 0 Å². The third-order valence-corrected chi connectivity index (χ3v) is 5.80. The Labute approximate surface area is 174 Å². The Morgan fingerprint density at radius 3 is 2.26 bits per heavy atom. The summed E-state index contributed by atoms with van der Waals surface area (Å²) in [5.41, 5.74) is 4.44. The molecule has 1 unspecified atom stereocenters. The lowest BCUT2D eigenvalue weighted by molar-refractivity contribution is -0.385. The third kappa shape index (κ3) is 6.21. The first kappa shape index (κ1) is 24.0. The van der Waals surface area contributed by atoms with Crippen LogP contribution in [0.2, 0.25) is 0 Å². The molecule has 1 aromatic rings. The Morgan fingerprint density at radius 2 is 1.89 bits per heavy atom. The zero-order valence-corrected chi connectivity index (χ0v) is 18.6. The lowest BCUT2D eigenvalue weighted by Crippen LogP contribution is -2.34. The van der Waals surface area contributed by atoms with Gasteiger partial charge in [0.15, 0.2) is 9.84 Å². The third-order valence-electron chi connectivity index (χ3n) is 3.94. The van der Waals surface area contributed by atoms with Crippen molar-refractivity contribution in [2.45, 2.75) is 17.4 Å². The lowest BCUT2D eigenvalue weighted by Gasteiger charge is -2.32. The molecule has 0 fully saturated rings. The summed E-state index contributed by atoms with van der Waals surface area (Å²) >= 11 is 6.67. The molecule has 0 aromatic heterocycles. The fourth-order valence-corrected chi connectivity index (χ4v) is 4.67. The first-order chi connectivity index (χ1) is 12.6. The van der Waals surface area contributed by atoms with Crippen LogP contribution in [0.4, 0.5) is 5.69 Å². The van der Waals surface area contributed by atoms with Crippen molar-refractivity contribution in [1.82, 2.24) is 4.90 Å². The van der Waals surface area contributed by atoms with E-state index in [2.05, 4.69) is 31.9 Å². The summed E-state index contributed by atoms with van der Waals surface area (Å²) in [5.74, 6) is -1.03.